The van der Waals surface area contributed by atoms with Gasteiger partial charge in [-0.15, -0.1) is 0 Å². The lowest BCUT2D eigenvalue weighted by Gasteiger charge is -2.31. The van der Waals surface area contributed by atoms with Gasteiger partial charge in [0.2, 0.25) is 5.43 Å². The molecule has 1 N–H and O–H groups in total. The van der Waals surface area contributed by atoms with Crippen LogP contribution in [0.5, 0.6) is 5.75 Å². The van der Waals surface area contributed by atoms with Gasteiger partial charge in [-0.25, -0.2) is 4.98 Å². The first-order valence-electron chi connectivity index (χ1n) is 8.56. The summed E-state index contributed by atoms with van der Waals surface area (Å²) >= 11 is 0. The van der Waals surface area contributed by atoms with Gasteiger partial charge in [-0.05, 0) is 31.5 Å². The van der Waals surface area contributed by atoms with Crippen molar-refractivity contribution in [3.05, 3.63) is 58.3 Å². The van der Waals surface area contributed by atoms with E-state index in [1.165, 1.54) is 7.11 Å². The van der Waals surface area contributed by atoms with E-state index in [9.17, 15) is 4.79 Å². The van der Waals surface area contributed by atoms with Gasteiger partial charge in [0, 0.05) is 37.0 Å². The van der Waals surface area contributed by atoms with E-state index in [1.807, 2.05) is 24.3 Å². The number of oxazole rings is 1. The predicted molar refractivity (Wildman–Crippen MR) is 94.9 cm³/mol. The van der Waals surface area contributed by atoms with Crippen molar-refractivity contribution < 1.29 is 9.15 Å². The highest BCUT2D eigenvalue weighted by atomic mass is 16.5. The fourth-order valence-electron chi connectivity index (χ4n) is 3.46. The van der Waals surface area contributed by atoms with Crippen LogP contribution in [0.25, 0.3) is 11.1 Å². The number of nitrogens with zero attached hydrogens (tertiary/aromatic N) is 2. The summed E-state index contributed by atoms with van der Waals surface area (Å²) in [6, 6.07) is 9.48. The first-order valence-corrected chi connectivity index (χ1v) is 8.56. The van der Waals surface area contributed by atoms with Crippen LogP contribution in [0.15, 0.2) is 45.7 Å². The van der Waals surface area contributed by atoms with Gasteiger partial charge >= 0.3 is 0 Å². The van der Waals surface area contributed by atoms with Gasteiger partial charge in [0.15, 0.2) is 17.2 Å². The van der Waals surface area contributed by atoms with Crippen LogP contribution in [-0.4, -0.2) is 35.1 Å². The molecule has 0 radical (unpaired) electrons. The average Bonchev–Trinajstić information content (AvgIpc) is 3.06. The largest absolute Gasteiger partial charge is 0.491 e. The molecule has 2 aromatic heterocycles. The molecule has 0 amide bonds. The highest BCUT2D eigenvalue weighted by molar-refractivity contribution is 5.72. The lowest BCUT2D eigenvalue weighted by molar-refractivity contribution is 0.185. The number of fused-ring (bicyclic) bond motifs is 1. The standard InChI is InChI=1S/C19H21N3O3/c1-24-18-10-20-14(9-16(18)23)12-22-8-4-5-13(11-22)19-21-15-6-2-3-7-17(15)25-19/h2-3,6-7,9-10,13H,4-5,8,11-12H2,1H3,(H,20,23). The number of rotatable bonds is 4. The fraction of sp³-hybridized carbons (Fsp3) is 0.368. The smallest absolute Gasteiger partial charge is 0.223 e. The summed E-state index contributed by atoms with van der Waals surface area (Å²) in [5.74, 6) is 1.44. The minimum atomic E-state index is -0.0937. The van der Waals surface area contributed by atoms with E-state index in [1.54, 1.807) is 12.3 Å². The molecule has 1 saturated heterocycles. The molecule has 4 rings (SSSR count). The van der Waals surface area contributed by atoms with Crippen LogP contribution in [0.4, 0.5) is 0 Å². The molecule has 130 valence electrons. The Morgan fingerprint density at radius 2 is 2.28 bits per heavy atom. The number of H-pyrrole nitrogens is 1. The first-order chi connectivity index (χ1) is 12.2. The Morgan fingerprint density at radius 3 is 3.08 bits per heavy atom. The van der Waals surface area contributed by atoms with E-state index in [0.717, 1.165) is 48.6 Å². The zero-order valence-corrected chi connectivity index (χ0v) is 14.2. The normalized spacial score (nSPS) is 18.5. The van der Waals surface area contributed by atoms with Crippen LogP contribution in [0.1, 0.15) is 30.3 Å². The molecule has 1 aliphatic heterocycles. The zero-order valence-electron chi connectivity index (χ0n) is 14.2. The molecule has 25 heavy (non-hydrogen) atoms. The molecule has 1 aliphatic rings. The summed E-state index contributed by atoms with van der Waals surface area (Å²) in [5, 5.41) is 0. The number of aromatic amines is 1. The second kappa shape index (κ2) is 6.72. The molecule has 1 unspecified atom stereocenters. The molecule has 6 heteroatoms. The van der Waals surface area contributed by atoms with E-state index >= 15 is 0 Å². The van der Waals surface area contributed by atoms with E-state index in [0.29, 0.717) is 12.3 Å². The molecule has 0 saturated carbocycles. The van der Waals surface area contributed by atoms with Gasteiger partial charge in [0.25, 0.3) is 0 Å². The quantitative estimate of drug-likeness (QED) is 0.791. The third kappa shape index (κ3) is 3.30. The van der Waals surface area contributed by atoms with Crippen LogP contribution in [0.3, 0.4) is 0 Å². The van der Waals surface area contributed by atoms with Crippen molar-refractivity contribution in [2.45, 2.75) is 25.3 Å². The minimum absolute atomic E-state index is 0.0937. The van der Waals surface area contributed by atoms with Crippen molar-refractivity contribution in [2.24, 2.45) is 0 Å². The summed E-state index contributed by atoms with van der Waals surface area (Å²) < 4.78 is 11.0. The molecule has 3 aromatic rings. The Hall–Kier alpha value is -2.60. The van der Waals surface area contributed by atoms with E-state index in [4.69, 9.17) is 9.15 Å². The van der Waals surface area contributed by atoms with Crippen molar-refractivity contribution in [1.82, 2.24) is 14.9 Å². The number of piperidine rings is 1. The van der Waals surface area contributed by atoms with Crippen molar-refractivity contribution in [1.29, 1.82) is 0 Å². The van der Waals surface area contributed by atoms with E-state index in [-0.39, 0.29) is 11.3 Å². The Balaban J connectivity index is 1.49. The zero-order chi connectivity index (χ0) is 17.2. The van der Waals surface area contributed by atoms with E-state index < -0.39 is 0 Å². The Bertz CT molecular complexity index is 898. The van der Waals surface area contributed by atoms with Crippen molar-refractivity contribution in [3.63, 3.8) is 0 Å². The van der Waals surface area contributed by atoms with Gasteiger partial charge < -0.3 is 14.1 Å². The summed E-state index contributed by atoms with van der Waals surface area (Å²) in [6.07, 6.45) is 3.78. The monoisotopic (exact) mass is 339 g/mol. The molecule has 0 aliphatic carbocycles. The number of para-hydroxylation sites is 2. The molecule has 1 fully saturated rings. The van der Waals surface area contributed by atoms with Crippen molar-refractivity contribution in [3.8, 4) is 5.75 Å². The lowest BCUT2D eigenvalue weighted by atomic mass is 9.98. The number of methoxy groups -OCH3 is 1. The van der Waals surface area contributed by atoms with Crippen molar-refractivity contribution >= 4 is 11.1 Å². The summed E-state index contributed by atoms with van der Waals surface area (Å²) in [6.45, 7) is 2.58. The van der Waals surface area contributed by atoms with Crippen LogP contribution >= 0.6 is 0 Å². The highest BCUT2D eigenvalue weighted by Crippen LogP contribution is 2.29. The Kier molecular flexibility index (Phi) is 4.28. The number of ether oxygens (including phenoxy) is 1. The number of hydrogen-bond donors (Lipinski definition) is 1. The predicted octanol–water partition coefficient (Wildman–Crippen LogP) is 2.90. The van der Waals surface area contributed by atoms with Gasteiger partial charge in [-0.1, -0.05) is 12.1 Å². The molecule has 1 atom stereocenters. The average molecular weight is 339 g/mol. The third-order valence-electron chi connectivity index (χ3n) is 4.72. The summed E-state index contributed by atoms with van der Waals surface area (Å²) in [7, 11) is 1.50. The SMILES string of the molecule is COc1c[nH]c(CN2CCCC(c3nc4ccccc4o3)C2)cc1=O. The molecular formula is C19H21N3O3. The van der Waals surface area contributed by atoms with Crippen LogP contribution in [0, 0.1) is 0 Å². The number of nitrogens with one attached hydrogen (secondary N) is 1. The van der Waals surface area contributed by atoms with Crippen LogP contribution in [0.2, 0.25) is 0 Å². The molecule has 0 spiro atoms. The Morgan fingerprint density at radius 1 is 1.40 bits per heavy atom. The van der Waals surface area contributed by atoms with Crippen LogP contribution < -0.4 is 10.2 Å². The first kappa shape index (κ1) is 15.9. The molecule has 3 heterocycles. The number of benzene rings is 1. The number of aromatic nitrogens is 2. The Labute approximate surface area is 145 Å². The maximum Gasteiger partial charge on any atom is 0.223 e. The molecular weight excluding hydrogens is 318 g/mol. The lowest BCUT2D eigenvalue weighted by Crippen LogP contribution is -2.34. The maximum atomic E-state index is 11.9. The van der Waals surface area contributed by atoms with Crippen molar-refractivity contribution in [2.75, 3.05) is 20.2 Å². The topological polar surface area (TPSA) is 71.4 Å². The van der Waals surface area contributed by atoms with Crippen LogP contribution in [-0.2, 0) is 6.54 Å². The third-order valence-corrected chi connectivity index (χ3v) is 4.72. The molecule has 6 nitrogen and oxygen atoms in total. The second-order valence-corrected chi connectivity index (χ2v) is 6.48. The second-order valence-electron chi connectivity index (χ2n) is 6.48. The highest BCUT2D eigenvalue weighted by Gasteiger charge is 2.25. The number of likely N-dealkylation sites (tertiary alicyclic amines) is 1. The van der Waals surface area contributed by atoms with Gasteiger partial charge in [0.05, 0.1) is 7.11 Å². The summed E-state index contributed by atoms with van der Waals surface area (Å²) in [5.41, 5.74) is 2.55. The molecule has 0 bridgehead atoms. The van der Waals surface area contributed by atoms with E-state index in [2.05, 4.69) is 14.9 Å². The number of hydrogen-bond acceptors (Lipinski definition) is 5. The maximum absolute atomic E-state index is 11.9. The van der Waals surface area contributed by atoms with Gasteiger partial charge in [-0.2, -0.15) is 0 Å². The minimum Gasteiger partial charge on any atom is -0.491 e. The number of pyridine rings is 1. The fourth-order valence-corrected chi connectivity index (χ4v) is 3.46. The van der Waals surface area contributed by atoms with Gasteiger partial charge in [-0.3, -0.25) is 9.69 Å². The summed E-state index contributed by atoms with van der Waals surface area (Å²) in [4.78, 5) is 22.0. The molecule has 1 aromatic carbocycles. The van der Waals surface area contributed by atoms with Gasteiger partial charge in [0.1, 0.15) is 5.52 Å².